The van der Waals surface area contributed by atoms with Gasteiger partial charge in [0.1, 0.15) is 6.61 Å². The van der Waals surface area contributed by atoms with Gasteiger partial charge in [0, 0.05) is 0 Å². The van der Waals surface area contributed by atoms with Gasteiger partial charge in [0.05, 0.1) is 26.3 Å². The van der Waals surface area contributed by atoms with Gasteiger partial charge in [0.2, 0.25) is 0 Å². The van der Waals surface area contributed by atoms with Crippen molar-refractivity contribution in [2.75, 3.05) is 13.7 Å². The number of terminal acetylenes is 1. The second kappa shape index (κ2) is 9.18. The van der Waals surface area contributed by atoms with Crippen LogP contribution in [0.15, 0.2) is 30.3 Å². The van der Waals surface area contributed by atoms with Crippen LogP contribution in [0.5, 0.6) is 11.5 Å². The highest BCUT2D eigenvalue weighted by Crippen LogP contribution is 2.35. The van der Waals surface area contributed by atoms with Gasteiger partial charge in [-0.15, -0.1) is 6.42 Å². The van der Waals surface area contributed by atoms with E-state index in [1.165, 1.54) is 7.11 Å². The molecular weight excluding hydrogens is 478 g/mol. The Morgan fingerprint density at radius 1 is 1.24 bits per heavy atom. The molecule has 0 saturated carbocycles. The van der Waals surface area contributed by atoms with E-state index in [1.807, 2.05) is 6.07 Å². The number of hydrogen-bond acceptors (Lipinski definition) is 4. The standard InChI is InChI=1S/C18H13Cl2IO4/c1-3-6-24-18(22)12-8-15(21)17(16(9-12)23-2)25-10-11-4-5-13(19)14(20)7-11/h1,4-5,7-9H,6,10H2,2H3. The fourth-order valence-corrected chi connectivity index (χ4v) is 3.03. The fourth-order valence-electron chi connectivity index (χ4n) is 1.95. The predicted octanol–water partition coefficient (Wildman–Crippen LogP) is 4.98. The molecule has 0 amide bonds. The molecule has 0 fully saturated rings. The second-order valence-electron chi connectivity index (χ2n) is 4.81. The molecule has 0 aliphatic rings. The third kappa shape index (κ3) is 5.18. The van der Waals surface area contributed by atoms with Gasteiger partial charge >= 0.3 is 5.97 Å². The molecule has 130 valence electrons. The van der Waals surface area contributed by atoms with Crippen LogP contribution in [0, 0.1) is 15.9 Å². The molecule has 0 spiro atoms. The first kappa shape index (κ1) is 19.7. The Kier molecular flexibility index (Phi) is 7.24. The monoisotopic (exact) mass is 490 g/mol. The zero-order valence-electron chi connectivity index (χ0n) is 13.1. The molecule has 0 unspecified atom stereocenters. The smallest absolute Gasteiger partial charge is 0.339 e. The predicted molar refractivity (Wildman–Crippen MR) is 106 cm³/mol. The van der Waals surface area contributed by atoms with Crippen molar-refractivity contribution in [1.29, 1.82) is 0 Å². The first-order valence-corrected chi connectivity index (χ1v) is 8.84. The van der Waals surface area contributed by atoms with Gasteiger partial charge in [-0.25, -0.2) is 4.79 Å². The van der Waals surface area contributed by atoms with Crippen LogP contribution in [0.4, 0.5) is 0 Å². The van der Waals surface area contributed by atoms with Crippen LogP contribution < -0.4 is 9.47 Å². The number of halogens is 3. The van der Waals surface area contributed by atoms with Crippen molar-refractivity contribution in [2.24, 2.45) is 0 Å². The molecule has 0 saturated heterocycles. The second-order valence-corrected chi connectivity index (χ2v) is 6.78. The third-order valence-electron chi connectivity index (χ3n) is 3.12. The highest BCUT2D eigenvalue weighted by atomic mass is 127. The highest BCUT2D eigenvalue weighted by Gasteiger charge is 2.16. The lowest BCUT2D eigenvalue weighted by Gasteiger charge is -2.14. The summed E-state index contributed by atoms with van der Waals surface area (Å²) in [7, 11) is 1.49. The average molecular weight is 491 g/mol. The van der Waals surface area contributed by atoms with E-state index < -0.39 is 5.97 Å². The van der Waals surface area contributed by atoms with E-state index >= 15 is 0 Å². The van der Waals surface area contributed by atoms with Gasteiger partial charge in [0.25, 0.3) is 0 Å². The zero-order valence-corrected chi connectivity index (χ0v) is 16.8. The van der Waals surface area contributed by atoms with E-state index in [-0.39, 0.29) is 13.2 Å². The van der Waals surface area contributed by atoms with E-state index in [1.54, 1.807) is 24.3 Å². The molecule has 0 bridgehead atoms. The van der Waals surface area contributed by atoms with Crippen molar-refractivity contribution in [3.05, 3.63) is 55.1 Å². The summed E-state index contributed by atoms with van der Waals surface area (Å²) < 4.78 is 16.8. The summed E-state index contributed by atoms with van der Waals surface area (Å²) in [4.78, 5) is 11.9. The van der Waals surface area contributed by atoms with Crippen LogP contribution in [0.1, 0.15) is 15.9 Å². The van der Waals surface area contributed by atoms with Crippen LogP contribution in [0.3, 0.4) is 0 Å². The molecule has 0 radical (unpaired) electrons. The number of carbonyl (C=O) groups is 1. The van der Waals surface area contributed by atoms with Crippen molar-refractivity contribution >= 4 is 51.8 Å². The zero-order chi connectivity index (χ0) is 18.4. The average Bonchev–Trinajstić information content (AvgIpc) is 2.60. The maximum atomic E-state index is 11.9. The lowest BCUT2D eigenvalue weighted by Crippen LogP contribution is -2.07. The van der Waals surface area contributed by atoms with E-state index in [4.69, 9.17) is 43.8 Å². The third-order valence-corrected chi connectivity index (χ3v) is 4.66. The minimum atomic E-state index is -0.523. The van der Waals surface area contributed by atoms with E-state index in [9.17, 15) is 4.79 Å². The lowest BCUT2D eigenvalue weighted by atomic mass is 10.2. The summed E-state index contributed by atoms with van der Waals surface area (Å²) in [6.07, 6.45) is 5.09. The van der Waals surface area contributed by atoms with Crippen LogP contribution in [-0.2, 0) is 11.3 Å². The topological polar surface area (TPSA) is 44.8 Å². The fraction of sp³-hybridized carbons (Fsp3) is 0.167. The summed E-state index contributed by atoms with van der Waals surface area (Å²) in [6, 6.07) is 8.44. The molecule has 2 aromatic carbocycles. The summed E-state index contributed by atoms with van der Waals surface area (Å²) in [6.45, 7) is 0.178. The molecule has 7 heteroatoms. The molecule has 0 aliphatic carbocycles. The largest absolute Gasteiger partial charge is 0.493 e. The Morgan fingerprint density at radius 2 is 2.00 bits per heavy atom. The Morgan fingerprint density at radius 3 is 2.64 bits per heavy atom. The molecule has 0 aliphatic heterocycles. The minimum absolute atomic E-state index is 0.0900. The molecule has 4 nitrogen and oxygen atoms in total. The number of hydrogen-bond donors (Lipinski definition) is 0. The Labute approximate surface area is 169 Å². The highest BCUT2D eigenvalue weighted by molar-refractivity contribution is 14.1. The summed E-state index contributed by atoms with van der Waals surface area (Å²) in [5.41, 5.74) is 1.18. The van der Waals surface area contributed by atoms with Crippen LogP contribution in [0.2, 0.25) is 10.0 Å². The van der Waals surface area contributed by atoms with Crippen molar-refractivity contribution in [3.8, 4) is 23.8 Å². The normalized spacial score (nSPS) is 10.0. The van der Waals surface area contributed by atoms with E-state index in [0.29, 0.717) is 30.7 Å². The van der Waals surface area contributed by atoms with Gasteiger partial charge in [-0.1, -0.05) is 35.2 Å². The van der Waals surface area contributed by atoms with E-state index in [0.717, 1.165) is 5.56 Å². The van der Waals surface area contributed by atoms with Crippen LogP contribution in [-0.4, -0.2) is 19.7 Å². The molecule has 0 atom stereocenters. The van der Waals surface area contributed by atoms with Gasteiger partial charge in [-0.2, -0.15) is 0 Å². The molecule has 0 heterocycles. The Balaban J connectivity index is 2.21. The van der Waals surface area contributed by atoms with Crippen LogP contribution >= 0.6 is 45.8 Å². The number of ether oxygens (including phenoxy) is 3. The van der Waals surface area contributed by atoms with Crippen molar-refractivity contribution in [1.82, 2.24) is 0 Å². The Bertz CT molecular complexity index is 831. The maximum absolute atomic E-state index is 11.9. The number of benzene rings is 2. The number of esters is 1. The van der Waals surface area contributed by atoms with Crippen LogP contribution in [0.25, 0.3) is 0 Å². The van der Waals surface area contributed by atoms with Crippen molar-refractivity contribution in [2.45, 2.75) is 6.61 Å². The maximum Gasteiger partial charge on any atom is 0.339 e. The number of methoxy groups -OCH3 is 1. The Hall–Kier alpha value is -1.62. The molecule has 0 aromatic heterocycles. The molecule has 25 heavy (non-hydrogen) atoms. The molecular formula is C18H13Cl2IO4. The number of carbonyl (C=O) groups excluding carboxylic acids is 1. The quantitative estimate of drug-likeness (QED) is 0.325. The molecule has 2 aromatic rings. The first-order valence-electron chi connectivity index (χ1n) is 7.01. The summed E-state index contributed by atoms with van der Waals surface area (Å²) >= 11 is 14.0. The van der Waals surface area contributed by atoms with Gasteiger partial charge in [0.15, 0.2) is 18.1 Å². The molecule has 2 rings (SSSR count). The van der Waals surface area contributed by atoms with Gasteiger partial charge < -0.3 is 14.2 Å². The minimum Gasteiger partial charge on any atom is -0.493 e. The van der Waals surface area contributed by atoms with E-state index in [2.05, 4.69) is 28.5 Å². The SMILES string of the molecule is C#CCOC(=O)c1cc(I)c(OCc2ccc(Cl)c(Cl)c2)c(OC)c1. The summed E-state index contributed by atoms with van der Waals surface area (Å²) in [5, 5.41) is 0.934. The number of rotatable bonds is 6. The molecule has 0 N–H and O–H groups in total. The van der Waals surface area contributed by atoms with Crippen molar-refractivity contribution in [3.63, 3.8) is 0 Å². The van der Waals surface area contributed by atoms with Gasteiger partial charge in [-0.3, -0.25) is 0 Å². The summed E-state index contributed by atoms with van der Waals surface area (Å²) in [5.74, 6) is 2.66. The van der Waals surface area contributed by atoms with Crippen molar-refractivity contribution < 1.29 is 19.0 Å². The lowest BCUT2D eigenvalue weighted by molar-refractivity contribution is 0.0556. The first-order chi connectivity index (χ1) is 12.0. The van der Waals surface area contributed by atoms with Gasteiger partial charge in [-0.05, 0) is 52.4 Å².